The number of hydrogen-bond donors (Lipinski definition) is 2. The Bertz CT molecular complexity index is 943. The van der Waals surface area contributed by atoms with Gasteiger partial charge in [-0.2, -0.15) is 0 Å². The monoisotopic (exact) mass is 410 g/mol. The van der Waals surface area contributed by atoms with E-state index >= 15 is 0 Å². The van der Waals surface area contributed by atoms with Crippen LogP contribution in [0.25, 0.3) is 0 Å². The summed E-state index contributed by atoms with van der Waals surface area (Å²) in [7, 11) is -2.18. The average molecular weight is 411 g/mol. The first-order chi connectivity index (χ1) is 12.6. The van der Waals surface area contributed by atoms with Gasteiger partial charge in [0.2, 0.25) is 5.91 Å². The molecule has 0 radical (unpaired) electrons. The van der Waals surface area contributed by atoms with Crippen LogP contribution < -0.4 is 15.4 Å². The molecule has 0 saturated carbocycles. The smallest absolute Gasteiger partial charge is 0.243 e. The van der Waals surface area contributed by atoms with Crippen LogP contribution >= 0.6 is 11.6 Å². The number of methoxy groups -OCH3 is 1. The Kier molecular flexibility index (Phi) is 6.73. The number of nitrogens with one attached hydrogen (secondary N) is 2. The zero-order chi connectivity index (χ0) is 20.2. The maximum atomic E-state index is 12.4. The maximum Gasteiger partial charge on any atom is 0.243 e. The predicted molar refractivity (Wildman–Crippen MR) is 109 cm³/mol. The van der Waals surface area contributed by atoms with E-state index in [4.69, 9.17) is 16.3 Å². The van der Waals surface area contributed by atoms with E-state index < -0.39 is 9.84 Å². The Balaban J connectivity index is 2.20. The molecule has 0 unspecified atom stereocenters. The van der Waals surface area contributed by atoms with Crippen molar-refractivity contribution in [3.05, 3.63) is 47.0 Å². The van der Waals surface area contributed by atoms with Crippen LogP contribution in [-0.2, 0) is 14.6 Å². The van der Waals surface area contributed by atoms with Crippen molar-refractivity contribution in [1.29, 1.82) is 0 Å². The summed E-state index contributed by atoms with van der Waals surface area (Å²) in [6.45, 7) is 4.02. The molecule has 2 aromatic carbocycles. The minimum absolute atomic E-state index is 0.0365. The lowest BCUT2D eigenvalue weighted by molar-refractivity contribution is -0.114. The van der Waals surface area contributed by atoms with Gasteiger partial charge < -0.3 is 15.4 Å². The van der Waals surface area contributed by atoms with Crippen molar-refractivity contribution in [2.75, 3.05) is 30.5 Å². The summed E-state index contributed by atoms with van der Waals surface area (Å²) in [6, 6.07) is 10.4. The summed E-state index contributed by atoms with van der Waals surface area (Å²) in [5.74, 6) is 0.114. The molecular formula is C19H23ClN2O4S. The van der Waals surface area contributed by atoms with Gasteiger partial charge in [0.1, 0.15) is 4.90 Å². The molecule has 27 heavy (non-hydrogen) atoms. The van der Waals surface area contributed by atoms with E-state index in [9.17, 15) is 13.2 Å². The Morgan fingerprint density at radius 3 is 2.44 bits per heavy atom. The molecule has 0 aromatic heterocycles. The van der Waals surface area contributed by atoms with Crippen LogP contribution in [0, 0.1) is 0 Å². The lowest BCUT2D eigenvalue weighted by Crippen LogP contribution is -2.23. The molecule has 146 valence electrons. The predicted octanol–water partition coefficient (Wildman–Crippen LogP) is 3.93. The molecule has 0 spiro atoms. The number of sulfone groups is 1. The van der Waals surface area contributed by atoms with E-state index in [1.165, 1.54) is 19.2 Å². The number of halogens is 1. The van der Waals surface area contributed by atoms with Gasteiger partial charge in [0.15, 0.2) is 15.6 Å². The molecule has 6 nitrogen and oxygen atoms in total. The van der Waals surface area contributed by atoms with Crippen LogP contribution in [0.1, 0.15) is 25.3 Å². The third-order valence-electron chi connectivity index (χ3n) is 3.92. The van der Waals surface area contributed by atoms with E-state index in [-0.39, 0.29) is 34.0 Å². The number of carbonyl (C=O) groups excluding carboxylic acids is 1. The molecule has 0 aliphatic rings. The molecule has 0 bridgehead atoms. The van der Waals surface area contributed by atoms with Gasteiger partial charge >= 0.3 is 0 Å². The molecule has 0 heterocycles. The molecule has 2 N–H and O–H groups in total. The number of amides is 1. The molecule has 0 aliphatic heterocycles. The van der Waals surface area contributed by atoms with Gasteiger partial charge in [0, 0.05) is 17.0 Å². The fourth-order valence-electron chi connectivity index (χ4n) is 2.67. The zero-order valence-corrected chi connectivity index (χ0v) is 17.2. The fraction of sp³-hybridized carbons (Fsp3) is 0.316. The number of carbonyl (C=O) groups is 1. The highest BCUT2D eigenvalue weighted by molar-refractivity contribution is 7.90. The lowest BCUT2D eigenvalue weighted by Gasteiger charge is -2.16. The summed E-state index contributed by atoms with van der Waals surface area (Å²) in [4.78, 5) is 12.3. The van der Waals surface area contributed by atoms with Crippen molar-refractivity contribution < 1.29 is 17.9 Å². The highest BCUT2D eigenvalue weighted by atomic mass is 35.5. The largest absolute Gasteiger partial charge is 0.493 e. The lowest BCUT2D eigenvalue weighted by atomic mass is 10.0. The highest BCUT2D eigenvalue weighted by Gasteiger charge is 2.20. The SMILES string of the molecule is COc1c(NCC(=O)Nc2ccccc2C(C)C)cc(Cl)cc1S(C)(=O)=O. The first-order valence-corrected chi connectivity index (χ1v) is 10.6. The maximum absolute atomic E-state index is 12.4. The fourth-order valence-corrected chi connectivity index (χ4v) is 3.82. The Labute approximate surface area is 164 Å². The first-order valence-electron chi connectivity index (χ1n) is 8.33. The van der Waals surface area contributed by atoms with Crippen molar-refractivity contribution in [2.45, 2.75) is 24.7 Å². The molecule has 0 fully saturated rings. The van der Waals surface area contributed by atoms with Gasteiger partial charge in [-0.1, -0.05) is 43.6 Å². The van der Waals surface area contributed by atoms with Gasteiger partial charge in [0.05, 0.1) is 19.3 Å². The third kappa shape index (κ3) is 5.37. The minimum atomic E-state index is -3.54. The van der Waals surface area contributed by atoms with Gasteiger partial charge in [-0.25, -0.2) is 8.42 Å². The second-order valence-electron chi connectivity index (χ2n) is 6.40. The van der Waals surface area contributed by atoms with Crippen LogP contribution in [0.4, 0.5) is 11.4 Å². The van der Waals surface area contributed by atoms with Crippen molar-refractivity contribution in [3.8, 4) is 5.75 Å². The highest BCUT2D eigenvalue weighted by Crippen LogP contribution is 2.35. The zero-order valence-electron chi connectivity index (χ0n) is 15.7. The van der Waals surface area contributed by atoms with E-state index in [1.807, 2.05) is 38.1 Å². The molecule has 0 aliphatic carbocycles. The Morgan fingerprint density at radius 1 is 1.19 bits per heavy atom. The quantitative estimate of drug-likeness (QED) is 0.722. The molecule has 2 aromatic rings. The second kappa shape index (κ2) is 8.63. The van der Waals surface area contributed by atoms with Crippen LogP contribution in [0.2, 0.25) is 5.02 Å². The standard InChI is InChI=1S/C19H23ClN2O4S/c1-12(2)14-7-5-6-8-15(14)22-18(23)11-21-16-9-13(20)10-17(19(16)26-3)27(4,24)25/h5-10,12,21H,11H2,1-4H3,(H,22,23). The summed E-state index contributed by atoms with van der Waals surface area (Å²) < 4.78 is 29.1. The average Bonchev–Trinajstić information content (AvgIpc) is 2.59. The Morgan fingerprint density at radius 2 is 1.85 bits per heavy atom. The van der Waals surface area contributed by atoms with Gasteiger partial charge in [-0.05, 0) is 29.7 Å². The summed E-state index contributed by atoms with van der Waals surface area (Å²) in [5.41, 5.74) is 2.11. The summed E-state index contributed by atoms with van der Waals surface area (Å²) in [6.07, 6.45) is 1.07. The van der Waals surface area contributed by atoms with Gasteiger partial charge in [-0.3, -0.25) is 4.79 Å². The number of ether oxygens (including phenoxy) is 1. The van der Waals surface area contributed by atoms with Crippen molar-refractivity contribution in [1.82, 2.24) is 0 Å². The van der Waals surface area contributed by atoms with Gasteiger partial charge in [-0.15, -0.1) is 0 Å². The molecule has 0 atom stereocenters. The van der Waals surface area contributed by atoms with E-state index in [0.29, 0.717) is 5.69 Å². The van der Waals surface area contributed by atoms with Crippen LogP contribution in [0.5, 0.6) is 5.75 Å². The summed E-state index contributed by atoms with van der Waals surface area (Å²) >= 11 is 6.03. The van der Waals surface area contributed by atoms with Crippen molar-refractivity contribution in [2.24, 2.45) is 0 Å². The Hall–Kier alpha value is -2.25. The van der Waals surface area contributed by atoms with Crippen LogP contribution in [0.3, 0.4) is 0 Å². The normalized spacial score (nSPS) is 11.3. The third-order valence-corrected chi connectivity index (χ3v) is 5.24. The van der Waals surface area contributed by atoms with Crippen LogP contribution in [-0.4, -0.2) is 34.2 Å². The number of anilines is 2. The molecular weight excluding hydrogens is 388 g/mol. The summed E-state index contributed by atoms with van der Waals surface area (Å²) in [5, 5.41) is 5.99. The number of hydrogen-bond acceptors (Lipinski definition) is 5. The molecule has 1 amide bonds. The number of para-hydroxylation sites is 1. The molecule has 2 rings (SSSR count). The first kappa shape index (κ1) is 21.1. The van der Waals surface area contributed by atoms with E-state index in [0.717, 1.165) is 17.5 Å². The minimum Gasteiger partial charge on any atom is -0.493 e. The van der Waals surface area contributed by atoms with E-state index in [2.05, 4.69) is 10.6 Å². The van der Waals surface area contributed by atoms with E-state index in [1.54, 1.807) is 0 Å². The van der Waals surface area contributed by atoms with Gasteiger partial charge in [0.25, 0.3) is 0 Å². The van der Waals surface area contributed by atoms with Crippen molar-refractivity contribution in [3.63, 3.8) is 0 Å². The molecule has 8 heteroatoms. The second-order valence-corrected chi connectivity index (χ2v) is 8.82. The van der Waals surface area contributed by atoms with Crippen LogP contribution in [0.15, 0.2) is 41.3 Å². The molecule has 0 saturated heterocycles. The number of rotatable bonds is 7. The number of benzene rings is 2. The topological polar surface area (TPSA) is 84.5 Å². The van der Waals surface area contributed by atoms with Crippen molar-refractivity contribution >= 4 is 38.7 Å².